The van der Waals surface area contributed by atoms with Gasteiger partial charge in [0.25, 0.3) is 0 Å². The van der Waals surface area contributed by atoms with Crippen LogP contribution in [0, 0.1) is 5.92 Å². The number of urea groups is 1. The van der Waals surface area contributed by atoms with Crippen molar-refractivity contribution in [3.63, 3.8) is 0 Å². The van der Waals surface area contributed by atoms with Gasteiger partial charge in [0.2, 0.25) is 0 Å². The predicted octanol–water partition coefficient (Wildman–Crippen LogP) is 2.46. The molecule has 0 spiro atoms. The van der Waals surface area contributed by atoms with Gasteiger partial charge in [-0.2, -0.15) is 0 Å². The second kappa shape index (κ2) is 8.77. The van der Waals surface area contributed by atoms with Gasteiger partial charge >= 0.3 is 12.0 Å². The third-order valence-corrected chi connectivity index (χ3v) is 3.78. The highest BCUT2D eigenvalue weighted by Gasteiger charge is 2.14. The zero-order valence-electron chi connectivity index (χ0n) is 11.9. The summed E-state index contributed by atoms with van der Waals surface area (Å²) in [6.45, 7) is 1.22. The summed E-state index contributed by atoms with van der Waals surface area (Å²) >= 11 is 0. The Balaban J connectivity index is 2.06. The van der Waals surface area contributed by atoms with Crippen molar-refractivity contribution < 1.29 is 14.7 Å². The van der Waals surface area contributed by atoms with Gasteiger partial charge in [0.05, 0.1) is 0 Å². The fourth-order valence-corrected chi connectivity index (χ4v) is 2.56. The lowest BCUT2D eigenvalue weighted by Gasteiger charge is -2.22. The van der Waals surface area contributed by atoms with E-state index in [-0.39, 0.29) is 12.5 Å². The topological polar surface area (TPSA) is 69.6 Å². The summed E-state index contributed by atoms with van der Waals surface area (Å²) in [7, 11) is 1.71. The molecular formula is C14H26N2O3. The van der Waals surface area contributed by atoms with Gasteiger partial charge in [0.15, 0.2) is 0 Å². The average molecular weight is 270 g/mol. The van der Waals surface area contributed by atoms with Crippen LogP contribution in [0.5, 0.6) is 0 Å². The Morgan fingerprint density at radius 2 is 1.95 bits per heavy atom. The minimum Gasteiger partial charge on any atom is -0.481 e. The molecule has 1 aliphatic rings. The third-order valence-electron chi connectivity index (χ3n) is 3.78. The summed E-state index contributed by atoms with van der Waals surface area (Å²) in [4.78, 5) is 23.7. The van der Waals surface area contributed by atoms with Crippen molar-refractivity contribution in [3.8, 4) is 0 Å². The summed E-state index contributed by atoms with van der Waals surface area (Å²) < 4.78 is 0. The van der Waals surface area contributed by atoms with E-state index in [4.69, 9.17) is 5.11 Å². The molecule has 2 N–H and O–H groups in total. The van der Waals surface area contributed by atoms with Gasteiger partial charge in [-0.15, -0.1) is 0 Å². The van der Waals surface area contributed by atoms with E-state index in [9.17, 15) is 9.59 Å². The Kier molecular flexibility index (Phi) is 7.30. The molecular weight excluding hydrogens is 244 g/mol. The van der Waals surface area contributed by atoms with Gasteiger partial charge < -0.3 is 15.3 Å². The lowest BCUT2D eigenvalue weighted by atomic mass is 9.87. The fraction of sp³-hybridized carbons (Fsp3) is 0.857. The number of nitrogens with one attached hydrogen (secondary N) is 1. The Bertz CT molecular complexity index is 288. The van der Waals surface area contributed by atoms with Crippen molar-refractivity contribution in [1.29, 1.82) is 0 Å². The predicted molar refractivity (Wildman–Crippen MR) is 74.1 cm³/mol. The minimum atomic E-state index is -0.814. The average Bonchev–Trinajstić information content (AvgIpc) is 2.39. The van der Waals surface area contributed by atoms with Crippen LogP contribution in [0.15, 0.2) is 0 Å². The normalized spacial score (nSPS) is 16.1. The van der Waals surface area contributed by atoms with E-state index < -0.39 is 5.97 Å². The van der Waals surface area contributed by atoms with Gasteiger partial charge in [-0.3, -0.25) is 4.79 Å². The highest BCUT2D eigenvalue weighted by Crippen LogP contribution is 2.25. The number of hydrogen-bond acceptors (Lipinski definition) is 2. The number of carbonyl (C=O) groups is 2. The van der Waals surface area contributed by atoms with Gasteiger partial charge in [-0.05, 0) is 18.8 Å². The van der Waals surface area contributed by atoms with Gasteiger partial charge in [-0.25, -0.2) is 4.79 Å². The molecule has 0 aromatic heterocycles. The van der Waals surface area contributed by atoms with Crippen LogP contribution in [-0.4, -0.2) is 42.1 Å². The number of aliphatic carboxylic acids is 1. The molecule has 5 heteroatoms. The molecule has 5 nitrogen and oxygen atoms in total. The van der Waals surface area contributed by atoms with Crippen LogP contribution in [0.1, 0.15) is 51.4 Å². The molecule has 0 atom stereocenters. The van der Waals surface area contributed by atoms with Crippen molar-refractivity contribution in [2.45, 2.75) is 51.4 Å². The van der Waals surface area contributed by atoms with Crippen molar-refractivity contribution in [3.05, 3.63) is 0 Å². The lowest BCUT2D eigenvalue weighted by Crippen LogP contribution is -2.38. The molecule has 0 heterocycles. The lowest BCUT2D eigenvalue weighted by molar-refractivity contribution is -0.137. The fourth-order valence-electron chi connectivity index (χ4n) is 2.56. The maximum Gasteiger partial charge on any atom is 0.317 e. The zero-order valence-corrected chi connectivity index (χ0v) is 11.9. The van der Waals surface area contributed by atoms with Crippen molar-refractivity contribution >= 4 is 12.0 Å². The highest BCUT2D eigenvalue weighted by molar-refractivity contribution is 5.73. The standard InChI is InChI=1S/C14H26N2O3/c1-16(11-5-8-13(17)18)14(19)15-10-9-12-6-3-2-4-7-12/h12H,2-11H2,1H3,(H,15,19)(H,17,18). The van der Waals surface area contributed by atoms with Crippen LogP contribution in [0.4, 0.5) is 4.79 Å². The molecule has 0 aliphatic heterocycles. The Labute approximate surface area is 115 Å². The Morgan fingerprint density at radius 1 is 1.26 bits per heavy atom. The SMILES string of the molecule is CN(CCCC(=O)O)C(=O)NCCC1CCCCC1. The van der Waals surface area contributed by atoms with Crippen LogP contribution in [-0.2, 0) is 4.79 Å². The largest absolute Gasteiger partial charge is 0.481 e. The van der Waals surface area contributed by atoms with E-state index in [1.807, 2.05) is 0 Å². The smallest absolute Gasteiger partial charge is 0.317 e. The minimum absolute atomic E-state index is 0.0961. The molecule has 2 amide bonds. The van der Waals surface area contributed by atoms with Crippen LogP contribution >= 0.6 is 0 Å². The number of rotatable bonds is 7. The summed E-state index contributed by atoms with van der Waals surface area (Å²) in [6.07, 6.45) is 8.28. The second-order valence-electron chi connectivity index (χ2n) is 5.44. The van der Waals surface area contributed by atoms with E-state index in [1.165, 1.54) is 32.1 Å². The Hall–Kier alpha value is -1.26. The number of nitrogens with zero attached hydrogens (tertiary/aromatic N) is 1. The van der Waals surface area contributed by atoms with Gasteiger partial charge in [-0.1, -0.05) is 32.1 Å². The number of carbonyl (C=O) groups excluding carboxylic acids is 1. The molecule has 19 heavy (non-hydrogen) atoms. The molecule has 0 unspecified atom stereocenters. The monoisotopic (exact) mass is 270 g/mol. The van der Waals surface area contributed by atoms with E-state index in [1.54, 1.807) is 11.9 Å². The number of hydrogen-bond donors (Lipinski definition) is 2. The maximum atomic E-state index is 11.7. The zero-order chi connectivity index (χ0) is 14.1. The first kappa shape index (κ1) is 15.8. The second-order valence-corrected chi connectivity index (χ2v) is 5.44. The number of amides is 2. The van der Waals surface area contributed by atoms with Crippen molar-refractivity contribution in [1.82, 2.24) is 10.2 Å². The van der Waals surface area contributed by atoms with E-state index in [0.29, 0.717) is 13.0 Å². The molecule has 1 fully saturated rings. The van der Waals surface area contributed by atoms with E-state index in [2.05, 4.69) is 5.32 Å². The van der Waals surface area contributed by atoms with Crippen molar-refractivity contribution in [2.24, 2.45) is 5.92 Å². The summed E-state index contributed by atoms with van der Waals surface area (Å²) in [6, 6.07) is -0.0961. The first-order valence-corrected chi connectivity index (χ1v) is 7.30. The molecule has 0 bridgehead atoms. The molecule has 0 aromatic carbocycles. The Morgan fingerprint density at radius 3 is 2.58 bits per heavy atom. The van der Waals surface area contributed by atoms with Crippen molar-refractivity contribution in [2.75, 3.05) is 20.1 Å². The molecule has 0 radical (unpaired) electrons. The quantitative estimate of drug-likeness (QED) is 0.746. The number of carboxylic acids is 1. The first-order chi connectivity index (χ1) is 9.09. The van der Waals surface area contributed by atoms with Crippen LogP contribution < -0.4 is 5.32 Å². The van der Waals surface area contributed by atoms with Crippen LogP contribution in [0.3, 0.4) is 0 Å². The maximum absolute atomic E-state index is 11.7. The molecule has 1 aliphatic carbocycles. The summed E-state index contributed by atoms with van der Waals surface area (Å²) in [5.41, 5.74) is 0. The summed E-state index contributed by atoms with van der Waals surface area (Å²) in [5.74, 6) is -0.0440. The van der Waals surface area contributed by atoms with Crippen LogP contribution in [0.2, 0.25) is 0 Å². The van der Waals surface area contributed by atoms with Gasteiger partial charge in [0, 0.05) is 26.6 Å². The van der Waals surface area contributed by atoms with E-state index in [0.717, 1.165) is 18.9 Å². The molecule has 110 valence electrons. The third kappa shape index (κ3) is 7.03. The first-order valence-electron chi connectivity index (χ1n) is 7.30. The van der Waals surface area contributed by atoms with Crippen LogP contribution in [0.25, 0.3) is 0 Å². The van der Waals surface area contributed by atoms with E-state index >= 15 is 0 Å². The molecule has 1 saturated carbocycles. The number of carboxylic acid groups (broad SMARTS) is 1. The summed E-state index contributed by atoms with van der Waals surface area (Å²) in [5, 5.41) is 11.4. The molecule has 0 saturated heterocycles. The molecule has 1 rings (SSSR count). The highest BCUT2D eigenvalue weighted by atomic mass is 16.4. The van der Waals surface area contributed by atoms with Gasteiger partial charge in [0.1, 0.15) is 0 Å². The molecule has 0 aromatic rings.